The second kappa shape index (κ2) is 5.20. The molecule has 3 saturated carbocycles. The van der Waals surface area contributed by atoms with Crippen LogP contribution >= 0.6 is 0 Å². The van der Waals surface area contributed by atoms with Crippen molar-refractivity contribution in [3.8, 4) is 0 Å². The molecule has 18 heavy (non-hydrogen) atoms. The lowest BCUT2D eigenvalue weighted by Crippen LogP contribution is -2.42. The van der Waals surface area contributed by atoms with E-state index in [1.165, 1.54) is 25.7 Å². The summed E-state index contributed by atoms with van der Waals surface area (Å²) < 4.78 is 0. The number of amides is 1. The van der Waals surface area contributed by atoms with E-state index in [0.717, 1.165) is 25.7 Å². The lowest BCUT2D eigenvalue weighted by molar-refractivity contribution is -0.127. The molecule has 3 nitrogen and oxygen atoms in total. The van der Waals surface area contributed by atoms with E-state index < -0.39 is 0 Å². The Morgan fingerprint density at radius 1 is 1.00 bits per heavy atom. The zero-order valence-electron chi connectivity index (χ0n) is 11.1. The van der Waals surface area contributed by atoms with Gasteiger partial charge < -0.3 is 10.4 Å². The lowest BCUT2D eigenvalue weighted by atomic mass is 9.86. The molecule has 3 fully saturated rings. The van der Waals surface area contributed by atoms with Crippen molar-refractivity contribution in [1.82, 2.24) is 5.32 Å². The molecule has 3 rings (SSSR count). The van der Waals surface area contributed by atoms with E-state index in [1.54, 1.807) is 0 Å². The first-order valence-corrected chi connectivity index (χ1v) is 7.69. The van der Waals surface area contributed by atoms with E-state index in [2.05, 4.69) is 5.32 Å². The summed E-state index contributed by atoms with van der Waals surface area (Å²) in [6, 6.07) is 0.375. The molecule has 0 aromatic carbocycles. The predicted molar refractivity (Wildman–Crippen MR) is 69.9 cm³/mol. The van der Waals surface area contributed by atoms with Crippen molar-refractivity contribution in [3.63, 3.8) is 0 Å². The van der Waals surface area contributed by atoms with E-state index in [0.29, 0.717) is 42.2 Å². The van der Waals surface area contributed by atoms with Crippen LogP contribution in [0.3, 0.4) is 0 Å². The second-order valence-corrected chi connectivity index (χ2v) is 6.61. The molecule has 0 heterocycles. The number of hydrogen-bond donors (Lipinski definition) is 2. The highest BCUT2D eigenvalue weighted by molar-refractivity contribution is 5.80. The minimum Gasteiger partial charge on any atom is -0.396 e. The highest BCUT2D eigenvalue weighted by Crippen LogP contribution is 2.49. The molecule has 2 N–H and O–H groups in total. The second-order valence-electron chi connectivity index (χ2n) is 6.61. The van der Waals surface area contributed by atoms with Gasteiger partial charge in [0.1, 0.15) is 0 Å². The van der Waals surface area contributed by atoms with Crippen LogP contribution in [0.5, 0.6) is 0 Å². The van der Waals surface area contributed by atoms with Gasteiger partial charge in [-0.1, -0.05) is 0 Å². The van der Waals surface area contributed by atoms with Crippen LogP contribution in [0.2, 0.25) is 0 Å². The van der Waals surface area contributed by atoms with Crippen molar-refractivity contribution in [2.45, 2.75) is 57.4 Å². The van der Waals surface area contributed by atoms with Crippen LogP contribution in [0.15, 0.2) is 0 Å². The number of carbonyl (C=O) groups excluding carboxylic acids is 1. The molecule has 3 heteroatoms. The van der Waals surface area contributed by atoms with E-state index in [9.17, 15) is 4.79 Å². The van der Waals surface area contributed by atoms with Gasteiger partial charge in [-0.05, 0) is 69.1 Å². The van der Waals surface area contributed by atoms with Crippen molar-refractivity contribution >= 4 is 5.91 Å². The van der Waals surface area contributed by atoms with E-state index in [-0.39, 0.29) is 0 Å². The smallest absolute Gasteiger partial charge is 0.223 e. The highest BCUT2D eigenvalue weighted by atomic mass is 16.3. The molecule has 102 valence electrons. The van der Waals surface area contributed by atoms with Gasteiger partial charge >= 0.3 is 0 Å². The molecule has 3 aliphatic carbocycles. The van der Waals surface area contributed by atoms with E-state index >= 15 is 0 Å². The molecule has 1 amide bonds. The fourth-order valence-electron chi connectivity index (χ4n) is 3.51. The van der Waals surface area contributed by atoms with E-state index in [1.807, 2.05) is 0 Å². The van der Waals surface area contributed by atoms with Gasteiger partial charge in [0.25, 0.3) is 0 Å². The molecule has 0 aliphatic heterocycles. The molecule has 0 saturated heterocycles. The van der Waals surface area contributed by atoms with Gasteiger partial charge in [-0.2, -0.15) is 0 Å². The third kappa shape index (κ3) is 2.87. The first kappa shape index (κ1) is 12.5. The van der Waals surface area contributed by atoms with Gasteiger partial charge in [-0.15, -0.1) is 0 Å². The van der Waals surface area contributed by atoms with Crippen molar-refractivity contribution < 1.29 is 9.90 Å². The standard InChI is InChI=1S/C15H25NO2/c17-9-10-1-7-13(8-2-10)16-15(18)14(11-3-4-11)12-5-6-12/h10-14,17H,1-9H2,(H,16,18). The molecular weight excluding hydrogens is 226 g/mol. The Labute approximate surface area is 109 Å². The number of aliphatic hydroxyl groups is 1. The number of aliphatic hydroxyl groups excluding tert-OH is 1. The van der Waals surface area contributed by atoms with Crippen LogP contribution in [0.25, 0.3) is 0 Å². The van der Waals surface area contributed by atoms with Crippen LogP contribution in [-0.2, 0) is 4.79 Å². The van der Waals surface area contributed by atoms with Crippen LogP contribution in [-0.4, -0.2) is 23.7 Å². The van der Waals surface area contributed by atoms with Gasteiger partial charge in [0.2, 0.25) is 5.91 Å². The number of carbonyl (C=O) groups is 1. The number of hydrogen-bond acceptors (Lipinski definition) is 2. The first-order valence-electron chi connectivity index (χ1n) is 7.69. The minimum atomic E-state index is 0.313. The third-order valence-corrected chi connectivity index (χ3v) is 5.01. The maximum atomic E-state index is 12.4. The fraction of sp³-hybridized carbons (Fsp3) is 0.933. The molecule has 0 radical (unpaired) electrons. The first-order chi connectivity index (χ1) is 8.78. The Bertz CT molecular complexity index is 290. The summed E-state index contributed by atoms with van der Waals surface area (Å²) in [5.41, 5.74) is 0. The normalized spacial score (nSPS) is 32.6. The molecule has 0 aromatic heterocycles. The van der Waals surface area contributed by atoms with Crippen molar-refractivity contribution in [3.05, 3.63) is 0 Å². The molecule has 0 atom stereocenters. The zero-order chi connectivity index (χ0) is 12.5. The largest absolute Gasteiger partial charge is 0.396 e. The Morgan fingerprint density at radius 3 is 2.00 bits per heavy atom. The Balaban J connectivity index is 1.48. The summed E-state index contributed by atoms with van der Waals surface area (Å²) in [5, 5.41) is 12.4. The van der Waals surface area contributed by atoms with Crippen molar-refractivity contribution in [2.24, 2.45) is 23.7 Å². The Morgan fingerprint density at radius 2 is 1.56 bits per heavy atom. The SMILES string of the molecule is O=C(NC1CCC(CO)CC1)C(C1CC1)C1CC1. The van der Waals surface area contributed by atoms with Gasteiger partial charge in [0, 0.05) is 18.6 Å². The maximum Gasteiger partial charge on any atom is 0.223 e. The molecular formula is C15H25NO2. The molecule has 3 aliphatic rings. The minimum absolute atomic E-state index is 0.313. The van der Waals surface area contributed by atoms with Gasteiger partial charge in [-0.25, -0.2) is 0 Å². The molecule has 0 unspecified atom stereocenters. The van der Waals surface area contributed by atoms with Crippen molar-refractivity contribution in [2.75, 3.05) is 6.61 Å². The summed E-state index contributed by atoms with van der Waals surface area (Å²) in [6.45, 7) is 0.313. The monoisotopic (exact) mass is 251 g/mol. The van der Waals surface area contributed by atoms with Gasteiger partial charge in [0.05, 0.1) is 0 Å². The zero-order valence-corrected chi connectivity index (χ0v) is 11.1. The van der Waals surface area contributed by atoms with E-state index in [4.69, 9.17) is 5.11 Å². The molecule has 0 bridgehead atoms. The van der Waals surface area contributed by atoms with Crippen LogP contribution in [0.4, 0.5) is 0 Å². The van der Waals surface area contributed by atoms with Crippen molar-refractivity contribution in [1.29, 1.82) is 0 Å². The lowest BCUT2D eigenvalue weighted by Gasteiger charge is -2.29. The fourth-order valence-corrected chi connectivity index (χ4v) is 3.51. The summed E-state index contributed by atoms with van der Waals surface area (Å²) >= 11 is 0. The van der Waals surface area contributed by atoms with Crippen LogP contribution in [0.1, 0.15) is 51.4 Å². The average molecular weight is 251 g/mol. The highest BCUT2D eigenvalue weighted by Gasteiger charge is 2.45. The predicted octanol–water partition coefficient (Wildman–Crippen LogP) is 2.09. The quantitative estimate of drug-likeness (QED) is 0.786. The Kier molecular flexibility index (Phi) is 3.60. The summed E-state index contributed by atoms with van der Waals surface area (Å²) in [6.07, 6.45) is 9.32. The van der Waals surface area contributed by atoms with Crippen LogP contribution in [0, 0.1) is 23.7 Å². The Hall–Kier alpha value is -0.570. The molecule has 0 aromatic rings. The maximum absolute atomic E-state index is 12.4. The van der Waals surface area contributed by atoms with Crippen LogP contribution < -0.4 is 5.32 Å². The average Bonchev–Trinajstić information content (AvgIpc) is 3.24. The third-order valence-electron chi connectivity index (χ3n) is 5.01. The topological polar surface area (TPSA) is 49.3 Å². The number of nitrogens with one attached hydrogen (secondary N) is 1. The number of rotatable bonds is 5. The van der Waals surface area contributed by atoms with Gasteiger partial charge in [0.15, 0.2) is 0 Å². The molecule has 0 spiro atoms. The van der Waals surface area contributed by atoms with Gasteiger partial charge in [-0.3, -0.25) is 4.79 Å². The summed E-state index contributed by atoms with van der Waals surface area (Å²) in [7, 11) is 0. The summed E-state index contributed by atoms with van der Waals surface area (Å²) in [5.74, 6) is 2.55. The summed E-state index contributed by atoms with van der Waals surface area (Å²) in [4.78, 5) is 12.4.